The quantitative estimate of drug-likeness (QED) is 0.736. The number of carbonyl (C=O) groups is 1. The Bertz CT molecular complexity index is 770. The average Bonchev–Trinajstić information content (AvgIpc) is 2.69. The van der Waals surface area contributed by atoms with Gasteiger partial charge in [-0.1, -0.05) is 17.7 Å². The average molecular weight is 416 g/mol. The van der Waals surface area contributed by atoms with Crippen molar-refractivity contribution in [1.29, 1.82) is 0 Å². The number of halogens is 2. The Labute approximate surface area is 165 Å². The van der Waals surface area contributed by atoms with Crippen molar-refractivity contribution < 1.29 is 22.0 Å². The lowest BCUT2D eigenvalue weighted by atomic mass is 9.97. The standard InChI is InChI=1S/C19H27F2N3O3S/c1-15-2-4-17(5-3-15)28(26,27)24-12-10-22(11-13-24)14-18(25)23-8-6-16(7-9-23)19(20)21/h2-5,16,19H,6-14H2,1H3. The van der Waals surface area contributed by atoms with Gasteiger partial charge in [0.2, 0.25) is 22.4 Å². The number of likely N-dealkylation sites (tertiary alicyclic amines) is 1. The first kappa shape index (κ1) is 21.1. The van der Waals surface area contributed by atoms with Crippen LogP contribution in [0.5, 0.6) is 0 Å². The Hall–Kier alpha value is -1.58. The van der Waals surface area contributed by atoms with Gasteiger partial charge in [-0.3, -0.25) is 9.69 Å². The van der Waals surface area contributed by atoms with Crippen LogP contribution in [0.25, 0.3) is 0 Å². The molecule has 2 saturated heterocycles. The van der Waals surface area contributed by atoms with Gasteiger partial charge in [0.1, 0.15) is 0 Å². The van der Waals surface area contributed by atoms with E-state index < -0.39 is 22.4 Å². The van der Waals surface area contributed by atoms with Crippen LogP contribution < -0.4 is 0 Å². The number of rotatable bonds is 5. The molecule has 2 heterocycles. The molecular weight excluding hydrogens is 388 g/mol. The van der Waals surface area contributed by atoms with Crippen molar-refractivity contribution in [2.24, 2.45) is 5.92 Å². The van der Waals surface area contributed by atoms with Gasteiger partial charge in [-0.15, -0.1) is 0 Å². The van der Waals surface area contributed by atoms with E-state index in [2.05, 4.69) is 0 Å². The Morgan fingerprint density at radius 3 is 2.14 bits per heavy atom. The molecule has 0 saturated carbocycles. The lowest BCUT2D eigenvalue weighted by Gasteiger charge is -2.36. The second-order valence-corrected chi connectivity index (χ2v) is 9.48. The predicted molar refractivity (Wildman–Crippen MR) is 102 cm³/mol. The second kappa shape index (κ2) is 8.84. The molecule has 1 aromatic carbocycles. The van der Waals surface area contributed by atoms with E-state index in [9.17, 15) is 22.0 Å². The highest BCUT2D eigenvalue weighted by Crippen LogP contribution is 2.24. The molecule has 1 amide bonds. The minimum Gasteiger partial charge on any atom is -0.342 e. The topological polar surface area (TPSA) is 60.9 Å². The zero-order chi connectivity index (χ0) is 20.3. The first-order valence-corrected chi connectivity index (χ1v) is 11.1. The Morgan fingerprint density at radius 1 is 1.04 bits per heavy atom. The second-order valence-electron chi connectivity index (χ2n) is 7.55. The predicted octanol–water partition coefficient (Wildman–Crippen LogP) is 1.81. The van der Waals surface area contributed by atoms with Gasteiger partial charge in [0.25, 0.3) is 0 Å². The summed E-state index contributed by atoms with van der Waals surface area (Å²) in [5, 5.41) is 0. The van der Waals surface area contributed by atoms with E-state index in [4.69, 9.17) is 0 Å². The molecule has 28 heavy (non-hydrogen) atoms. The summed E-state index contributed by atoms with van der Waals surface area (Å²) in [5.74, 6) is -0.679. The number of sulfonamides is 1. The number of aryl methyl sites for hydroxylation is 1. The maximum atomic E-state index is 12.7. The first-order chi connectivity index (χ1) is 13.3. The van der Waals surface area contributed by atoms with Crippen molar-refractivity contribution in [3.63, 3.8) is 0 Å². The summed E-state index contributed by atoms with van der Waals surface area (Å²) in [4.78, 5) is 16.3. The van der Waals surface area contributed by atoms with E-state index in [-0.39, 0.29) is 17.3 Å². The Kier molecular flexibility index (Phi) is 6.67. The van der Waals surface area contributed by atoms with Crippen molar-refractivity contribution in [2.45, 2.75) is 31.1 Å². The number of carbonyl (C=O) groups excluding carboxylic acids is 1. The van der Waals surface area contributed by atoms with E-state index in [0.29, 0.717) is 52.1 Å². The molecule has 2 aliphatic rings. The van der Waals surface area contributed by atoms with Crippen molar-refractivity contribution >= 4 is 15.9 Å². The summed E-state index contributed by atoms with van der Waals surface area (Å²) in [6.45, 7) is 4.47. The van der Waals surface area contributed by atoms with Gasteiger partial charge in [0.05, 0.1) is 11.4 Å². The SMILES string of the molecule is Cc1ccc(S(=O)(=O)N2CCN(CC(=O)N3CCC(C(F)F)CC3)CC2)cc1. The molecule has 6 nitrogen and oxygen atoms in total. The van der Waals surface area contributed by atoms with Gasteiger partial charge < -0.3 is 4.90 Å². The maximum absolute atomic E-state index is 12.7. The van der Waals surface area contributed by atoms with Gasteiger partial charge in [-0.05, 0) is 31.9 Å². The Morgan fingerprint density at radius 2 is 1.61 bits per heavy atom. The van der Waals surface area contributed by atoms with E-state index in [1.165, 1.54) is 4.31 Å². The van der Waals surface area contributed by atoms with Crippen LogP contribution >= 0.6 is 0 Å². The van der Waals surface area contributed by atoms with Gasteiger partial charge in [0, 0.05) is 45.2 Å². The van der Waals surface area contributed by atoms with Crippen LogP contribution in [0.2, 0.25) is 0 Å². The molecule has 0 spiro atoms. The third-order valence-electron chi connectivity index (χ3n) is 5.60. The lowest BCUT2D eigenvalue weighted by molar-refractivity contribution is -0.135. The van der Waals surface area contributed by atoms with Gasteiger partial charge in [0.15, 0.2) is 0 Å². The molecule has 0 atom stereocenters. The van der Waals surface area contributed by atoms with Gasteiger partial charge >= 0.3 is 0 Å². The number of piperazine rings is 1. The first-order valence-electron chi connectivity index (χ1n) is 9.62. The zero-order valence-electron chi connectivity index (χ0n) is 16.1. The normalized spacial score (nSPS) is 20.6. The molecule has 1 aromatic rings. The molecular formula is C19H27F2N3O3S. The van der Waals surface area contributed by atoms with Crippen molar-refractivity contribution in [1.82, 2.24) is 14.1 Å². The molecule has 0 N–H and O–H groups in total. The van der Waals surface area contributed by atoms with Gasteiger partial charge in [-0.2, -0.15) is 4.31 Å². The fraction of sp³-hybridized carbons (Fsp3) is 0.632. The monoisotopic (exact) mass is 415 g/mol. The van der Waals surface area contributed by atoms with E-state index in [1.54, 1.807) is 29.2 Å². The molecule has 156 valence electrons. The molecule has 2 aliphatic heterocycles. The van der Waals surface area contributed by atoms with Crippen LogP contribution in [0, 0.1) is 12.8 Å². The fourth-order valence-electron chi connectivity index (χ4n) is 3.68. The van der Waals surface area contributed by atoms with E-state index in [1.807, 2.05) is 11.8 Å². The van der Waals surface area contributed by atoms with Crippen LogP contribution in [0.1, 0.15) is 18.4 Å². The summed E-state index contributed by atoms with van der Waals surface area (Å²) >= 11 is 0. The minimum absolute atomic E-state index is 0.0671. The highest BCUT2D eigenvalue weighted by molar-refractivity contribution is 7.89. The van der Waals surface area contributed by atoms with Crippen LogP contribution in [-0.4, -0.2) is 80.7 Å². The van der Waals surface area contributed by atoms with Crippen LogP contribution in [0.4, 0.5) is 8.78 Å². The summed E-state index contributed by atoms with van der Waals surface area (Å²) in [6.07, 6.45) is -1.64. The fourth-order valence-corrected chi connectivity index (χ4v) is 5.10. The molecule has 0 radical (unpaired) electrons. The highest BCUT2D eigenvalue weighted by atomic mass is 32.2. The third kappa shape index (κ3) is 4.87. The van der Waals surface area contributed by atoms with E-state index in [0.717, 1.165) is 5.56 Å². The number of alkyl halides is 2. The molecule has 0 aromatic heterocycles. The maximum Gasteiger partial charge on any atom is 0.243 e. The molecule has 2 fully saturated rings. The molecule has 0 unspecified atom stereocenters. The third-order valence-corrected chi connectivity index (χ3v) is 7.51. The summed E-state index contributed by atoms with van der Waals surface area (Å²) in [7, 11) is -3.53. The van der Waals surface area contributed by atoms with Crippen molar-refractivity contribution in [3.05, 3.63) is 29.8 Å². The van der Waals surface area contributed by atoms with Crippen LogP contribution in [0.3, 0.4) is 0 Å². The zero-order valence-corrected chi connectivity index (χ0v) is 16.9. The number of piperidine rings is 1. The highest BCUT2D eigenvalue weighted by Gasteiger charge is 2.31. The molecule has 0 aliphatic carbocycles. The molecule has 9 heteroatoms. The smallest absolute Gasteiger partial charge is 0.243 e. The Balaban J connectivity index is 1.49. The lowest BCUT2D eigenvalue weighted by Crippen LogP contribution is -2.52. The summed E-state index contributed by atoms with van der Waals surface area (Å²) < 4.78 is 52.4. The summed E-state index contributed by atoms with van der Waals surface area (Å²) in [5.41, 5.74) is 1.000. The number of hydrogen-bond donors (Lipinski definition) is 0. The number of hydrogen-bond acceptors (Lipinski definition) is 4. The number of amides is 1. The number of benzene rings is 1. The largest absolute Gasteiger partial charge is 0.342 e. The van der Waals surface area contributed by atoms with Crippen LogP contribution in [0.15, 0.2) is 29.2 Å². The van der Waals surface area contributed by atoms with Crippen LogP contribution in [-0.2, 0) is 14.8 Å². The minimum atomic E-state index is -3.53. The molecule has 3 rings (SSSR count). The molecule has 0 bridgehead atoms. The van der Waals surface area contributed by atoms with Gasteiger partial charge in [-0.25, -0.2) is 17.2 Å². The van der Waals surface area contributed by atoms with Crippen molar-refractivity contribution in [3.8, 4) is 0 Å². The van der Waals surface area contributed by atoms with E-state index >= 15 is 0 Å². The number of nitrogens with zero attached hydrogens (tertiary/aromatic N) is 3. The van der Waals surface area contributed by atoms with Crippen molar-refractivity contribution in [2.75, 3.05) is 45.8 Å². The summed E-state index contributed by atoms with van der Waals surface area (Å²) in [6, 6.07) is 6.78.